The number of alkyl halides is 6. The summed E-state index contributed by atoms with van der Waals surface area (Å²) in [5.41, 5.74) is -1.86. The summed E-state index contributed by atoms with van der Waals surface area (Å²) < 4.78 is 84.1. The lowest BCUT2D eigenvalue weighted by Gasteiger charge is -2.36. The van der Waals surface area contributed by atoms with Gasteiger partial charge in [0.2, 0.25) is 0 Å². The molecule has 0 aliphatic carbocycles. The van der Waals surface area contributed by atoms with Crippen LogP contribution < -0.4 is 5.32 Å². The topological polar surface area (TPSA) is 21.3 Å². The molecule has 1 N–H and O–H groups in total. The van der Waals surface area contributed by atoms with Crippen LogP contribution >= 0.6 is 0 Å². The monoisotopic (exact) mass is 417 g/mol. The quantitative estimate of drug-likeness (QED) is 0.605. The van der Waals surface area contributed by atoms with Crippen LogP contribution in [0.1, 0.15) is 48.1 Å². The van der Waals surface area contributed by atoms with Crippen LogP contribution in [0.2, 0.25) is 0 Å². The van der Waals surface area contributed by atoms with Gasteiger partial charge in [0.1, 0.15) is 0 Å². The molecule has 29 heavy (non-hydrogen) atoms. The second-order valence-corrected chi connectivity index (χ2v) is 7.30. The molecule has 2 aromatic carbocycles. The van der Waals surface area contributed by atoms with Crippen molar-refractivity contribution >= 4 is 0 Å². The molecular formula is C21H21F6NO. The van der Waals surface area contributed by atoms with E-state index in [1.165, 1.54) is 0 Å². The average molecular weight is 417 g/mol. The van der Waals surface area contributed by atoms with E-state index in [1.807, 2.05) is 37.3 Å². The summed E-state index contributed by atoms with van der Waals surface area (Å²) in [5, 5.41) is 3.41. The van der Waals surface area contributed by atoms with Crippen molar-refractivity contribution in [2.24, 2.45) is 0 Å². The normalized spacial score (nSPS) is 23.2. The molecule has 1 aliphatic rings. The number of benzene rings is 2. The van der Waals surface area contributed by atoms with Gasteiger partial charge in [-0.1, -0.05) is 30.3 Å². The molecular weight excluding hydrogens is 396 g/mol. The van der Waals surface area contributed by atoms with Crippen molar-refractivity contribution in [1.29, 1.82) is 0 Å². The summed E-state index contributed by atoms with van der Waals surface area (Å²) in [5.74, 6) is 0. The van der Waals surface area contributed by atoms with E-state index in [2.05, 4.69) is 5.32 Å². The Kier molecular flexibility index (Phi) is 6.24. The predicted molar refractivity (Wildman–Crippen MR) is 96.0 cm³/mol. The van der Waals surface area contributed by atoms with E-state index < -0.39 is 23.5 Å². The van der Waals surface area contributed by atoms with Gasteiger partial charge in [-0.05, 0) is 49.1 Å². The third-order valence-electron chi connectivity index (χ3n) is 4.99. The summed E-state index contributed by atoms with van der Waals surface area (Å²) in [6.45, 7) is 1.69. The maximum atomic E-state index is 13.0. The number of ether oxygens (including phenoxy) is 1. The summed E-state index contributed by atoms with van der Waals surface area (Å²) >= 11 is 0. The second-order valence-electron chi connectivity index (χ2n) is 7.30. The molecule has 158 valence electrons. The largest absolute Gasteiger partial charge is 0.416 e. The molecule has 0 bridgehead atoms. The summed E-state index contributed by atoms with van der Waals surface area (Å²) in [6.07, 6.45) is -8.66. The number of hydrogen-bond donors (Lipinski definition) is 1. The van der Waals surface area contributed by atoms with Gasteiger partial charge in [-0.2, -0.15) is 26.3 Å². The molecule has 8 heteroatoms. The molecule has 1 fully saturated rings. The first-order valence-electron chi connectivity index (χ1n) is 9.25. The van der Waals surface area contributed by atoms with E-state index in [9.17, 15) is 26.3 Å². The van der Waals surface area contributed by atoms with E-state index >= 15 is 0 Å². The third-order valence-corrected chi connectivity index (χ3v) is 4.99. The Morgan fingerprint density at radius 3 is 2.03 bits per heavy atom. The van der Waals surface area contributed by atoms with Crippen molar-refractivity contribution in [1.82, 2.24) is 5.32 Å². The minimum atomic E-state index is -4.87. The Labute approximate surface area is 164 Å². The summed E-state index contributed by atoms with van der Waals surface area (Å²) in [6, 6.07) is 11.0. The Bertz CT molecular complexity index is 786. The fraction of sp³-hybridized carbons (Fsp3) is 0.429. The number of nitrogens with one attached hydrogen (secondary N) is 1. The minimum absolute atomic E-state index is 0.125. The van der Waals surface area contributed by atoms with Gasteiger partial charge in [0.15, 0.2) is 0 Å². The molecule has 2 nitrogen and oxygen atoms in total. The van der Waals surface area contributed by atoms with Gasteiger partial charge in [0.05, 0.1) is 29.9 Å². The molecule has 0 saturated carbocycles. The molecule has 0 radical (unpaired) electrons. The fourth-order valence-corrected chi connectivity index (χ4v) is 3.53. The Balaban J connectivity index is 1.82. The van der Waals surface area contributed by atoms with Gasteiger partial charge in [-0.15, -0.1) is 0 Å². The minimum Gasteiger partial charge on any atom is -0.372 e. The van der Waals surface area contributed by atoms with Crippen molar-refractivity contribution < 1.29 is 31.1 Å². The van der Waals surface area contributed by atoms with Crippen LogP contribution in [0.5, 0.6) is 0 Å². The first-order chi connectivity index (χ1) is 13.5. The Morgan fingerprint density at radius 1 is 0.897 bits per heavy atom. The lowest BCUT2D eigenvalue weighted by Crippen LogP contribution is -2.44. The van der Waals surface area contributed by atoms with Crippen molar-refractivity contribution in [3.8, 4) is 0 Å². The maximum Gasteiger partial charge on any atom is 0.416 e. The molecule has 3 atom stereocenters. The Hall–Kier alpha value is -2.06. The van der Waals surface area contributed by atoms with Crippen molar-refractivity contribution in [3.63, 3.8) is 0 Å². The van der Waals surface area contributed by atoms with Crippen molar-refractivity contribution in [2.45, 2.75) is 56.9 Å². The standard InChI is InChI=1S/C21H21F6NO/c1-13-7-8-18(19(28-13)15-5-3-2-4-6-15)29-12-14-9-16(20(22,23)24)11-17(10-14)21(25,26)27/h2-6,9-11,13,18-19,28H,7-8,12H2,1H3. The fourth-order valence-electron chi connectivity index (χ4n) is 3.53. The highest BCUT2D eigenvalue weighted by Crippen LogP contribution is 2.37. The average Bonchev–Trinajstić information content (AvgIpc) is 2.66. The van der Waals surface area contributed by atoms with Gasteiger partial charge in [-0.25, -0.2) is 0 Å². The molecule has 3 rings (SSSR count). The highest BCUT2D eigenvalue weighted by molar-refractivity contribution is 5.33. The Morgan fingerprint density at radius 2 is 1.48 bits per heavy atom. The van der Waals surface area contributed by atoms with Crippen molar-refractivity contribution in [3.05, 3.63) is 70.8 Å². The molecule has 0 aromatic heterocycles. The highest BCUT2D eigenvalue weighted by Gasteiger charge is 2.37. The van der Waals surface area contributed by atoms with Gasteiger partial charge >= 0.3 is 12.4 Å². The number of rotatable bonds is 4. The van der Waals surface area contributed by atoms with Crippen LogP contribution in [-0.4, -0.2) is 12.1 Å². The molecule has 0 amide bonds. The molecule has 1 saturated heterocycles. The third kappa shape index (κ3) is 5.51. The molecule has 1 heterocycles. The van der Waals surface area contributed by atoms with Gasteiger partial charge in [0, 0.05) is 6.04 Å². The van der Waals surface area contributed by atoms with E-state index in [-0.39, 0.29) is 36.4 Å². The van der Waals surface area contributed by atoms with E-state index in [0.29, 0.717) is 18.6 Å². The van der Waals surface area contributed by atoms with Gasteiger partial charge in [-0.3, -0.25) is 0 Å². The summed E-state index contributed by atoms with van der Waals surface area (Å²) in [4.78, 5) is 0. The molecule has 2 aromatic rings. The van der Waals surface area contributed by atoms with Crippen LogP contribution in [0.25, 0.3) is 0 Å². The lowest BCUT2D eigenvalue weighted by atomic mass is 9.91. The van der Waals surface area contributed by atoms with Crippen LogP contribution in [0.3, 0.4) is 0 Å². The predicted octanol–water partition coefficient (Wildman–Crippen LogP) is 6.12. The second kappa shape index (κ2) is 8.36. The SMILES string of the molecule is CC1CCC(OCc2cc(C(F)(F)F)cc(C(F)(F)F)c2)C(c2ccccc2)N1. The van der Waals surface area contributed by atoms with E-state index in [0.717, 1.165) is 12.0 Å². The first kappa shape index (κ1) is 21.6. The van der Waals surface area contributed by atoms with E-state index in [1.54, 1.807) is 0 Å². The summed E-state index contributed by atoms with van der Waals surface area (Å²) in [7, 11) is 0. The van der Waals surface area contributed by atoms with Gasteiger partial charge in [0.25, 0.3) is 0 Å². The molecule has 1 aliphatic heterocycles. The zero-order chi connectivity index (χ0) is 21.2. The number of piperidine rings is 1. The number of hydrogen-bond acceptors (Lipinski definition) is 2. The smallest absolute Gasteiger partial charge is 0.372 e. The van der Waals surface area contributed by atoms with Crippen molar-refractivity contribution in [2.75, 3.05) is 0 Å². The number of halogens is 6. The zero-order valence-corrected chi connectivity index (χ0v) is 15.6. The van der Waals surface area contributed by atoms with Crippen LogP contribution in [-0.2, 0) is 23.7 Å². The zero-order valence-electron chi connectivity index (χ0n) is 15.6. The van der Waals surface area contributed by atoms with Gasteiger partial charge < -0.3 is 10.1 Å². The van der Waals surface area contributed by atoms with Crippen LogP contribution in [0.4, 0.5) is 26.3 Å². The molecule has 3 unspecified atom stereocenters. The van der Waals surface area contributed by atoms with Crippen LogP contribution in [0.15, 0.2) is 48.5 Å². The molecule has 0 spiro atoms. The van der Waals surface area contributed by atoms with Crippen LogP contribution in [0, 0.1) is 0 Å². The van der Waals surface area contributed by atoms with E-state index in [4.69, 9.17) is 4.74 Å². The first-order valence-corrected chi connectivity index (χ1v) is 9.25. The maximum absolute atomic E-state index is 13.0. The lowest BCUT2D eigenvalue weighted by molar-refractivity contribution is -0.143. The highest BCUT2D eigenvalue weighted by atomic mass is 19.4.